The summed E-state index contributed by atoms with van der Waals surface area (Å²) >= 11 is 7.24. The predicted octanol–water partition coefficient (Wildman–Crippen LogP) is 2.96. The van der Waals surface area contributed by atoms with Gasteiger partial charge in [0.2, 0.25) is 5.89 Å². The molecule has 3 aromatic heterocycles. The molecule has 0 spiro atoms. The quantitative estimate of drug-likeness (QED) is 0.548. The van der Waals surface area contributed by atoms with Crippen LogP contribution in [0.15, 0.2) is 47.0 Å². The van der Waals surface area contributed by atoms with Crippen LogP contribution in [0.3, 0.4) is 0 Å². The predicted molar refractivity (Wildman–Crippen MR) is 92.1 cm³/mol. The number of hydrogen-bond donors (Lipinski definition) is 0. The highest BCUT2D eigenvalue weighted by atomic mass is 35.5. The third kappa shape index (κ3) is 3.11. The highest BCUT2D eigenvalue weighted by Crippen LogP contribution is 2.35. The normalized spacial score (nSPS) is 11.1. The Morgan fingerprint density at radius 2 is 1.96 bits per heavy atom. The molecule has 8 heteroatoms. The molecule has 6 nitrogen and oxygen atoms in total. The van der Waals surface area contributed by atoms with Crippen molar-refractivity contribution in [3.05, 3.63) is 52.6 Å². The number of carboxylic acids is 1. The van der Waals surface area contributed by atoms with Crippen molar-refractivity contribution in [1.29, 1.82) is 0 Å². The second-order valence-electron chi connectivity index (χ2n) is 5.19. The molecular weight excluding hydrogens is 362 g/mol. The number of nitrogens with zero attached hydrogens (tertiary/aromatic N) is 3. The third-order valence-corrected chi connectivity index (χ3v) is 4.70. The zero-order valence-corrected chi connectivity index (χ0v) is 14.2. The molecule has 0 atom stereocenters. The first-order chi connectivity index (χ1) is 12.1. The Kier molecular flexibility index (Phi) is 3.95. The van der Waals surface area contributed by atoms with Crippen LogP contribution < -0.4 is 5.11 Å². The highest BCUT2D eigenvalue weighted by molar-refractivity contribution is 7.19. The number of hydrogen-bond acceptors (Lipinski definition) is 7. The van der Waals surface area contributed by atoms with Gasteiger partial charge < -0.3 is 14.3 Å². The lowest BCUT2D eigenvalue weighted by Gasteiger charge is -1.99. The van der Waals surface area contributed by atoms with Gasteiger partial charge in [0, 0.05) is 12.4 Å². The maximum absolute atomic E-state index is 11.0. The van der Waals surface area contributed by atoms with E-state index in [2.05, 4.69) is 15.0 Å². The molecule has 0 amide bonds. The number of carboxylic acid groups (broad SMARTS) is 1. The van der Waals surface area contributed by atoms with Crippen LogP contribution >= 0.6 is 22.9 Å². The summed E-state index contributed by atoms with van der Waals surface area (Å²) in [5.74, 6) is -0.687. The molecule has 0 N–H and O–H groups in total. The van der Waals surface area contributed by atoms with Crippen molar-refractivity contribution < 1.29 is 14.3 Å². The van der Waals surface area contributed by atoms with Gasteiger partial charge >= 0.3 is 0 Å². The molecule has 0 aliphatic heterocycles. The first-order valence-corrected chi connectivity index (χ1v) is 8.47. The molecule has 3 heterocycles. The van der Waals surface area contributed by atoms with Crippen molar-refractivity contribution in [3.63, 3.8) is 0 Å². The monoisotopic (exact) mass is 370 g/mol. The molecule has 25 heavy (non-hydrogen) atoms. The topological polar surface area (TPSA) is 91.9 Å². The molecule has 0 aliphatic rings. The van der Waals surface area contributed by atoms with Gasteiger partial charge in [0.15, 0.2) is 5.76 Å². The second-order valence-corrected chi connectivity index (χ2v) is 6.91. The van der Waals surface area contributed by atoms with Crippen molar-refractivity contribution in [2.45, 2.75) is 6.42 Å². The summed E-state index contributed by atoms with van der Waals surface area (Å²) in [7, 11) is 0. The molecule has 4 rings (SSSR count). The van der Waals surface area contributed by atoms with Gasteiger partial charge in [0.25, 0.3) is 0 Å². The van der Waals surface area contributed by atoms with Crippen molar-refractivity contribution in [1.82, 2.24) is 15.0 Å². The smallest absolute Gasteiger partial charge is 0.247 e. The summed E-state index contributed by atoms with van der Waals surface area (Å²) in [4.78, 5) is 24.8. The molecular formula is C17H9ClN3O3S-. The average molecular weight is 371 g/mol. The Morgan fingerprint density at radius 1 is 1.16 bits per heavy atom. The van der Waals surface area contributed by atoms with Gasteiger partial charge in [-0.1, -0.05) is 23.7 Å². The molecule has 4 aromatic rings. The van der Waals surface area contributed by atoms with Gasteiger partial charge in [-0.3, -0.25) is 4.98 Å². The molecule has 0 fully saturated rings. The molecule has 0 bridgehead atoms. The third-order valence-electron chi connectivity index (χ3n) is 3.47. The van der Waals surface area contributed by atoms with E-state index in [0.717, 1.165) is 5.52 Å². The number of aliphatic carboxylic acids is 1. The number of oxazole rings is 1. The molecule has 124 valence electrons. The lowest BCUT2D eigenvalue weighted by atomic mass is 10.2. The second kappa shape index (κ2) is 6.27. The van der Waals surface area contributed by atoms with Gasteiger partial charge in [0.05, 0.1) is 32.1 Å². The van der Waals surface area contributed by atoms with E-state index in [9.17, 15) is 9.90 Å². The van der Waals surface area contributed by atoms with Crippen LogP contribution in [-0.2, 0) is 11.2 Å². The van der Waals surface area contributed by atoms with Crippen LogP contribution in [0.5, 0.6) is 0 Å². The van der Waals surface area contributed by atoms with E-state index in [1.54, 1.807) is 18.3 Å². The number of fused-ring (bicyclic) bond motifs is 1. The highest BCUT2D eigenvalue weighted by Gasteiger charge is 2.19. The lowest BCUT2D eigenvalue weighted by Crippen LogP contribution is -2.24. The lowest BCUT2D eigenvalue weighted by molar-refractivity contribution is -0.304. The van der Waals surface area contributed by atoms with Crippen LogP contribution in [0, 0.1) is 0 Å². The number of benzene rings is 1. The SMILES string of the molecule is O=C([O-])Cc1nc(-c2cnc3ccccc3n2)oc1-c1ccc(Cl)s1. The summed E-state index contributed by atoms with van der Waals surface area (Å²) in [6.45, 7) is 0. The number of rotatable bonds is 4. The minimum Gasteiger partial charge on any atom is -0.550 e. The summed E-state index contributed by atoms with van der Waals surface area (Å²) < 4.78 is 6.36. The number of thiophene rings is 1. The first-order valence-electron chi connectivity index (χ1n) is 7.27. The number of carbonyl (C=O) groups excluding carboxylic acids is 1. The molecule has 1 aromatic carbocycles. The molecule has 0 saturated heterocycles. The minimum atomic E-state index is -1.24. The first kappa shape index (κ1) is 15.7. The fourth-order valence-electron chi connectivity index (χ4n) is 2.41. The summed E-state index contributed by atoms with van der Waals surface area (Å²) in [6, 6.07) is 10.9. The summed E-state index contributed by atoms with van der Waals surface area (Å²) in [6.07, 6.45) is 1.18. The minimum absolute atomic E-state index is 0.203. The van der Waals surface area contributed by atoms with Crippen LogP contribution in [0.1, 0.15) is 5.69 Å². The summed E-state index contributed by atoms with van der Waals surface area (Å²) in [5.41, 5.74) is 2.13. The van der Waals surface area contributed by atoms with E-state index in [-0.39, 0.29) is 18.0 Å². The Balaban J connectivity index is 1.83. The van der Waals surface area contributed by atoms with Crippen LogP contribution in [-0.4, -0.2) is 20.9 Å². The molecule has 0 radical (unpaired) electrons. The largest absolute Gasteiger partial charge is 0.550 e. The van der Waals surface area contributed by atoms with Crippen molar-refractivity contribution in [3.8, 4) is 22.2 Å². The van der Waals surface area contributed by atoms with Gasteiger partial charge in [-0.2, -0.15) is 0 Å². The van der Waals surface area contributed by atoms with Gasteiger partial charge in [-0.05, 0) is 24.3 Å². The Bertz CT molecular complexity index is 1090. The van der Waals surface area contributed by atoms with Gasteiger partial charge in [-0.15, -0.1) is 11.3 Å². The molecule has 0 saturated carbocycles. The number of para-hydroxylation sites is 2. The van der Waals surface area contributed by atoms with Crippen LogP contribution in [0.4, 0.5) is 0 Å². The zero-order chi connectivity index (χ0) is 17.4. The van der Waals surface area contributed by atoms with Crippen molar-refractivity contribution in [2.24, 2.45) is 0 Å². The van der Waals surface area contributed by atoms with Crippen molar-refractivity contribution in [2.75, 3.05) is 0 Å². The van der Waals surface area contributed by atoms with Crippen molar-refractivity contribution >= 4 is 39.9 Å². The number of halogens is 1. The maximum Gasteiger partial charge on any atom is 0.247 e. The molecule has 0 unspecified atom stereocenters. The van der Waals surface area contributed by atoms with Crippen LogP contribution in [0.25, 0.3) is 33.3 Å². The van der Waals surface area contributed by atoms with E-state index in [0.29, 0.717) is 26.2 Å². The zero-order valence-electron chi connectivity index (χ0n) is 12.6. The Morgan fingerprint density at radius 3 is 2.68 bits per heavy atom. The number of aromatic nitrogens is 3. The van der Waals surface area contributed by atoms with Crippen LogP contribution in [0.2, 0.25) is 4.34 Å². The fourth-order valence-corrected chi connectivity index (χ4v) is 3.45. The Hall–Kier alpha value is -2.77. The average Bonchev–Trinajstić information content (AvgIpc) is 3.20. The van der Waals surface area contributed by atoms with E-state index in [1.807, 2.05) is 24.3 Å². The standard InChI is InChI=1S/C17H10ClN3O3S/c18-14-6-5-13(25-14)16-11(7-15(22)23)21-17(24-16)12-8-19-9-3-1-2-4-10(9)20-12/h1-6,8H,7H2,(H,22,23)/p-1. The van der Waals surface area contributed by atoms with E-state index in [1.165, 1.54) is 11.3 Å². The van der Waals surface area contributed by atoms with Gasteiger partial charge in [0.1, 0.15) is 5.69 Å². The number of carbonyl (C=O) groups is 1. The van der Waals surface area contributed by atoms with E-state index >= 15 is 0 Å². The van der Waals surface area contributed by atoms with E-state index < -0.39 is 5.97 Å². The molecule has 0 aliphatic carbocycles. The fraction of sp³-hybridized carbons (Fsp3) is 0.0588. The van der Waals surface area contributed by atoms with E-state index in [4.69, 9.17) is 16.0 Å². The van der Waals surface area contributed by atoms with Gasteiger partial charge in [-0.25, -0.2) is 9.97 Å². The maximum atomic E-state index is 11.0. The summed E-state index contributed by atoms with van der Waals surface area (Å²) in [5, 5.41) is 11.0. The Labute approximate surface area is 150 Å².